The van der Waals surface area contributed by atoms with Crippen molar-refractivity contribution in [1.82, 2.24) is 0 Å². The molecule has 21 heavy (non-hydrogen) atoms. The molecule has 2 aromatic rings. The second kappa shape index (κ2) is 6.99. The first-order valence-corrected chi connectivity index (χ1v) is 7.06. The second-order valence-electron chi connectivity index (χ2n) is 5.03. The van der Waals surface area contributed by atoms with Gasteiger partial charge in [0.1, 0.15) is 11.9 Å². The topological polar surface area (TPSA) is 59.7 Å². The second-order valence-corrected chi connectivity index (χ2v) is 5.03. The normalized spacial score (nSPS) is 12.1. The number of aryl methyl sites for hydroxylation is 1. The first-order chi connectivity index (χ1) is 10.1. The van der Waals surface area contributed by atoms with E-state index in [2.05, 4.69) is 19.1 Å². The quantitative estimate of drug-likeness (QED) is 0.831. The van der Waals surface area contributed by atoms with Crippen LogP contribution in [0, 0.1) is 5.82 Å². The predicted octanol–water partition coefficient (Wildman–Crippen LogP) is 1.53. The Labute approximate surface area is 124 Å². The van der Waals surface area contributed by atoms with Crippen molar-refractivity contribution in [3.63, 3.8) is 0 Å². The largest absolute Gasteiger partial charge is 0.365 e. The molecule has 110 valence electrons. The van der Waals surface area contributed by atoms with Crippen LogP contribution in [0.3, 0.4) is 0 Å². The van der Waals surface area contributed by atoms with Crippen molar-refractivity contribution in [3.8, 4) is 0 Å². The van der Waals surface area contributed by atoms with Gasteiger partial charge in [-0.25, -0.2) is 4.39 Å². The Bertz CT molecular complexity index is 610. The van der Waals surface area contributed by atoms with Crippen LogP contribution in [0.1, 0.15) is 29.7 Å². The van der Waals surface area contributed by atoms with Crippen LogP contribution in [0.25, 0.3) is 0 Å². The van der Waals surface area contributed by atoms with Crippen LogP contribution in [0.15, 0.2) is 48.5 Å². The highest BCUT2D eigenvalue weighted by atomic mass is 19.1. The molecule has 1 atom stereocenters. The molecule has 0 saturated heterocycles. The van der Waals surface area contributed by atoms with Gasteiger partial charge in [0, 0.05) is 11.1 Å². The van der Waals surface area contributed by atoms with Crippen molar-refractivity contribution in [2.75, 3.05) is 6.54 Å². The summed E-state index contributed by atoms with van der Waals surface area (Å²) in [4.78, 5) is 11.1. The molecule has 0 aromatic heterocycles. The first kappa shape index (κ1) is 15.2. The highest BCUT2D eigenvalue weighted by Gasteiger charge is 2.18. The average Bonchev–Trinajstić information content (AvgIpc) is 2.48. The van der Waals surface area contributed by atoms with E-state index in [1.54, 1.807) is 6.07 Å². The van der Waals surface area contributed by atoms with Crippen molar-refractivity contribution < 1.29 is 14.5 Å². The van der Waals surface area contributed by atoms with Crippen LogP contribution in [0.2, 0.25) is 0 Å². The Hall–Kier alpha value is -2.20. The van der Waals surface area contributed by atoms with E-state index < -0.39 is 0 Å². The molecule has 0 aliphatic rings. The smallest absolute Gasteiger partial charge is 0.272 e. The minimum atomic E-state index is -0.387. The number of hydrogen-bond acceptors (Lipinski definition) is 1. The van der Waals surface area contributed by atoms with Crippen molar-refractivity contribution in [3.05, 3.63) is 71.0 Å². The number of carbonyl (C=O) groups excluding carboxylic acids is 1. The van der Waals surface area contributed by atoms with Crippen LogP contribution in [-0.4, -0.2) is 12.5 Å². The Balaban J connectivity index is 2.32. The molecule has 4 N–H and O–H groups in total. The summed E-state index contributed by atoms with van der Waals surface area (Å²) in [7, 11) is 0. The summed E-state index contributed by atoms with van der Waals surface area (Å²) in [6, 6.07) is 14.5. The lowest BCUT2D eigenvalue weighted by atomic mass is 9.97. The zero-order valence-corrected chi connectivity index (χ0v) is 12.1. The molecule has 0 aliphatic heterocycles. The lowest BCUT2D eigenvalue weighted by molar-refractivity contribution is -0.676. The van der Waals surface area contributed by atoms with Gasteiger partial charge in [-0.05, 0) is 24.1 Å². The SMILES string of the molecule is CCc1ccc([C@H]([NH2+]CC(N)=O)c2cccc(F)c2)cc1. The number of benzene rings is 2. The molecule has 0 heterocycles. The maximum atomic E-state index is 13.5. The van der Waals surface area contributed by atoms with Gasteiger partial charge in [0.2, 0.25) is 0 Å². The van der Waals surface area contributed by atoms with Gasteiger partial charge in [0.25, 0.3) is 5.91 Å². The summed E-state index contributed by atoms with van der Waals surface area (Å²) in [5.74, 6) is -0.670. The molecule has 1 amide bonds. The van der Waals surface area contributed by atoms with Crippen molar-refractivity contribution >= 4 is 5.91 Å². The van der Waals surface area contributed by atoms with Crippen LogP contribution in [0.5, 0.6) is 0 Å². The molecule has 0 saturated carbocycles. The third kappa shape index (κ3) is 4.13. The summed E-state index contributed by atoms with van der Waals surface area (Å²) in [5.41, 5.74) is 8.32. The van der Waals surface area contributed by atoms with E-state index in [9.17, 15) is 9.18 Å². The molecule has 2 rings (SSSR count). The Kier molecular flexibility index (Phi) is 5.06. The van der Waals surface area contributed by atoms with Gasteiger partial charge in [0.05, 0.1) is 0 Å². The summed E-state index contributed by atoms with van der Waals surface area (Å²) in [5, 5.41) is 1.83. The Morgan fingerprint density at radius 1 is 1.19 bits per heavy atom. The van der Waals surface area contributed by atoms with Crippen molar-refractivity contribution in [2.45, 2.75) is 19.4 Å². The number of rotatable bonds is 6. The molecule has 0 aliphatic carbocycles. The monoisotopic (exact) mass is 287 g/mol. The zero-order chi connectivity index (χ0) is 15.2. The maximum Gasteiger partial charge on any atom is 0.272 e. The molecule has 0 radical (unpaired) electrons. The van der Waals surface area contributed by atoms with Crippen molar-refractivity contribution in [1.29, 1.82) is 0 Å². The third-order valence-corrected chi connectivity index (χ3v) is 3.51. The van der Waals surface area contributed by atoms with Crippen LogP contribution in [-0.2, 0) is 11.2 Å². The summed E-state index contributed by atoms with van der Waals surface area (Å²) < 4.78 is 13.5. The van der Waals surface area contributed by atoms with Gasteiger partial charge < -0.3 is 11.1 Å². The third-order valence-electron chi connectivity index (χ3n) is 3.51. The number of halogens is 1. The molecule has 3 nitrogen and oxygen atoms in total. The van der Waals surface area contributed by atoms with E-state index >= 15 is 0 Å². The summed E-state index contributed by atoms with van der Waals surface area (Å²) in [6.07, 6.45) is 0.968. The fourth-order valence-corrected chi connectivity index (χ4v) is 2.36. The molecular weight excluding hydrogens is 267 g/mol. The van der Waals surface area contributed by atoms with E-state index in [1.165, 1.54) is 17.7 Å². The van der Waals surface area contributed by atoms with Crippen LogP contribution >= 0.6 is 0 Å². The van der Waals surface area contributed by atoms with Gasteiger partial charge in [-0.2, -0.15) is 0 Å². The Morgan fingerprint density at radius 2 is 1.90 bits per heavy atom. The fourth-order valence-electron chi connectivity index (χ4n) is 2.36. The van der Waals surface area contributed by atoms with E-state index in [4.69, 9.17) is 5.73 Å². The van der Waals surface area contributed by atoms with Gasteiger partial charge in [-0.1, -0.05) is 43.3 Å². The lowest BCUT2D eigenvalue weighted by Gasteiger charge is -2.16. The number of nitrogens with two attached hydrogens (primary N) is 2. The molecule has 0 bridgehead atoms. The first-order valence-electron chi connectivity index (χ1n) is 7.06. The minimum absolute atomic E-state index is 0.140. The molecule has 0 fully saturated rings. The standard InChI is InChI=1S/C17H19FN2O/c1-2-12-6-8-13(9-7-12)17(20-11-16(19)21)14-4-3-5-15(18)10-14/h3-10,17,20H,2,11H2,1H3,(H2,19,21)/p+1/t17-/m0/s1. The van der Waals surface area contributed by atoms with E-state index in [1.807, 2.05) is 23.5 Å². The molecular formula is C17H20FN2O+. The number of hydrogen-bond donors (Lipinski definition) is 2. The van der Waals surface area contributed by atoms with Crippen LogP contribution in [0.4, 0.5) is 4.39 Å². The summed E-state index contributed by atoms with van der Waals surface area (Å²) in [6.45, 7) is 2.26. The molecule has 0 spiro atoms. The highest BCUT2D eigenvalue weighted by molar-refractivity contribution is 5.74. The van der Waals surface area contributed by atoms with Gasteiger partial charge in [0.15, 0.2) is 6.54 Å². The number of primary amides is 1. The number of amides is 1. The average molecular weight is 287 g/mol. The number of quaternary nitrogens is 1. The van der Waals surface area contributed by atoms with Gasteiger partial charge in [-0.15, -0.1) is 0 Å². The zero-order valence-electron chi connectivity index (χ0n) is 12.1. The van der Waals surface area contributed by atoms with E-state index in [0.717, 1.165) is 17.5 Å². The lowest BCUT2D eigenvalue weighted by Crippen LogP contribution is -2.87. The van der Waals surface area contributed by atoms with Gasteiger partial charge >= 0.3 is 0 Å². The fraction of sp³-hybridized carbons (Fsp3) is 0.235. The molecule has 0 unspecified atom stereocenters. The minimum Gasteiger partial charge on any atom is -0.365 e. The highest BCUT2D eigenvalue weighted by Crippen LogP contribution is 2.20. The Morgan fingerprint density at radius 3 is 2.48 bits per heavy atom. The summed E-state index contributed by atoms with van der Waals surface area (Å²) >= 11 is 0. The van der Waals surface area contributed by atoms with Crippen LogP contribution < -0.4 is 11.1 Å². The maximum absolute atomic E-state index is 13.5. The molecule has 2 aromatic carbocycles. The van der Waals surface area contributed by atoms with E-state index in [-0.39, 0.29) is 24.3 Å². The van der Waals surface area contributed by atoms with E-state index in [0.29, 0.717) is 0 Å². The van der Waals surface area contributed by atoms with Gasteiger partial charge in [-0.3, -0.25) is 4.79 Å². The number of carbonyl (C=O) groups is 1. The molecule has 4 heteroatoms. The predicted molar refractivity (Wildman–Crippen MR) is 80.0 cm³/mol. The van der Waals surface area contributed by atoms with Crippen molar-refractivity contribution in [2.24, 2.45) is 5.73 Å².